The maximum atomic E-state index is 5.52. The molecule has 50 valence electrons. The van der Waals surface area contributed by atoms with E-state index in [1.54, 1.807) is 0 Å². The van der Waals surface area contributed by atoms with Gasteiger partial charge in [-0.05, 0) is 24.9 Å². The van der Waals surface area contributed by atoms with Crippen LogP contribution in [0.1, 0.15) is 20.3 Å². The number of nitrogens with two attached hydrogens (primary N) is 1. The second-order valence-corrected chi connectivity index (χ2v) is 3.36. The molecule has 0 spiro atoms. The van der Waals surface area contributed by atoms with Gasteiger partial charge in [-0.3, -0.25) is 0 Å². The molecule has 0 amide bonds. The molecule has 0 saturated heterocycles. The van der Waals surface area contributed by atoms with Crippen LogP contribution >= 0.6 is 11.8 Å². The Morgan fingerprint density at radius 3 is 2.62 bits per heavy atom. The van der Waals surface area contributed by atoms with Gasteiger partial charge >= 0.3 is 0 Å². The third kappa shape index (κ3) is 6.31. The van der Waals surface area contributed by atoms with Crippen LogP contribution in [0.4, 0.5) is 0 Å². The van der Waals surface area contributed by atoms with E-state index in [0.29, 0.717) is 6.04 Å². The number of thioether (sulfide) groups is 1. The second kappa shape index (κ2) is 5.45. The van der Waals surface area contributed by atoms with Crippen molar-refractivity contribution >= 4 is 11.8 Å². The summed E-state index contributed by atoms with van der Waals surface area (Å²) >= 11 is 1.96. The van der Waals surface area contributed by atoms with E-state index in [9.17, 15) is 0 Å². The smallest absolute Gasteiger partial charge is 0.00183 e. The lowest BCUT2D eigenvalue weighted by Gasteiger charge is -2.01. The van der Waals surface area contributed by atoms with Gasteiger partial charge in [-0.15, -0.1) is 0 Å². The maximum Gasteiger partial charge on any atom is 0.00183 e. The predicted octanol–water partition coefficient (Wildman–Crippen LogP) is 1.48. The SMILES string of the molecule is CCSCC[C@@H](C)N. The fraction of sp³-hybridized carbons (Fsp3) is 1.00. The van der Waals surface area contributed by atoms with Gasteiger partial charge in [0, 0.05) is 6.04 Å². The molecule has 0 saturated carbocycles. The average Bonchev–Trinajstić information content (AvgIpc) is 1.66. The number of hydrogen-bond acceptors (Lipinski definition) is 2. The third-order valence-corrected chi connectivity index (χ3v) is 1.85. The summed E-state index contributed by atoms with van der Waals surface area (Å²) in [5.41, 5.74) is 5.52. The minimum Gasteiger partial charge on any atom is -0.328 e. The van der Waals surface area contributed by atoms with Crippen molar-refractivity contribution < 1.29 is 0 Å². The van der Waals surface area contributed by atoms with Crippen molar-refractivity contribution in [3.8, 4) is 0 Å². The standard InChI is InChI=1S/C6H15NS/c1-3-8-5-4-6(2)7/h6H,3-5,7H2,1-2H3/t6-/m1/s1. The highest BCUT2D eigenvalue weighted by atomic mass is 32.2. The Labute approximate surface area is 56.0 Å². The number of hydrogen-bond donors (Lipinski definition) is 1. The largest absolute Gasteiger partial charge is 0.328 e. The van der Waals surface area contributed by atoms with Crippen LogP contribution in [0.25, 0.3) is 0 Å². The molecular weight excluding hydrogens is 118 g/mol. The van der Waals surface area contributed by atoms with Crippen molar-refractivity contribution in [1.29, 1.82) is 0 Å². The average molecular weight is 133 g/mol. The summed E-state index contributed by atoms with van der Waals surface area (Å²) in [6.45, 7) is 4.22. The van der Waals surface area contributed by atoms with Gasteiger partial charge in [-0.1, -0.05) is 6.92 Å². The van der Waals surface area contributed by atoms with E-state index in [1.807, 2.05) is 11.8 Å². The van der Waals surface area contributed by atoms with Gasteiger partial charge in [0.15, 0.2) is 0 Å². The first-order chi connectivity index (χ1) is 3.77. The minimum atomic E-state index is 0.383. The van der Waals surface area contributed by atoms with Gasteiger partial charge in [-0.25, -0.2) is 0 Å². The van der Waals surface area contributed by atoms with E-state index < -0.39 is 0 Å². The molecule has 2 N–H and O–H groups in total. The molecule has 0 aromatic heterocycles. The Morgan fingerprint density at radius 2 is 2.25 bits per heavy atom. The van der Waals surface area contributed by atoms with Crippen molar-refractivity contribution in [3.63, 3.8) is 0 Å². The first-order valence-electron chi connectivity index (χ1n) is 3.10. The summed E-state index contributed by atoms with van der Waals surface area (Å²) in [7, 11) is 0. The minimum absolute atomic E-state index is 0.383. The Bertz CT molecular complexity index is 45.8. The van der Waals surface area contributed by atoms with Gasteiger partial charge < -0.3 is 5.73 Å². The topological polar surface area (TPSA) is 26.0 Å². The van der Waals surface area contributed by atoms with Crippen LogP contribution < -0.4 is 5.73 Å². The van der Waals surface area contributed by atoms with E-state index in [-0.39, 0.29) is 0 Å². The molecule has 0 aliphatic rings. The van der Waals surface area contributed by atoms with Crippen molar-refractivity contribution in [2.24, 2.45) is 5.73 Å². The molecule has 0 unspecified atom stereocenters. The van der Waals surface area contributed by atoms with Crippen LogP contribution in [-0.4, -0.2) is 17.5 Å². The van der Waals surface area contributed by atoms with E-state index in [0.717, 1.165) is 6.42 Å². The predicted molar refractivity (Wildman–Crippen MR) is 41.3 cm³/mol. The Hall–Kier alpha value is 0.310. The van der Waals surface area contributed by atoms with Crippen molar-refractivity contribution in [2.75, 3.05) is 11.5 Å². The second-order valence-electron chi connectivity index (χ2n) is 1.96. The summed E-state index contributed by atoms with van der Waals surface area (Å²) < 4.78 is 0. The molecule has 0 rings (SSSR count). The summed E-state index contributed by atoms with van der Waals surface area (Å²) in [4.78, 5) is 0. The molecule has 8 heavy (non-hydrogen) atoms. The molecule has 1 atom stereocenters. The van der Waals surface area contributed by atoms with Crippen LogP contribution in [0.5, 0.6) is 0 Å². The van der Waals surface area contributed by atoms with Crippen molar-refractivity contribution in [1.82, 2.24) is 0 Å². The van der Waals surface area contributed by atoms with E-state index in [4.69, 9.17) is 5.73 Å². The highest BCUT2D eigenvalue weighted by Gasteiger charge is 1.90. The van der Waals surface area contributed by atoms with Crippen LogP contribution in [0, 0.1) is 0 Å². The highest BCUT2D eigenvalue weighted by Crippen LogP contribution is 2.01. The number of rotatable bonds is 4. The molecule has 0 aromatic rings. The lowest BCUT2D eigenvalue weighted by molar-refractivity contribution is 0.721. The maximum absolute atomic E-state index is 5.52. The Kier molecular flexibility index (Phi) is 5.66. The summed E-state index contributed by atoms with van der Waals surface area (Å²) in [6, 6.07) is 0.383. The first kappa shape index (κ1) is 8.31. The van der Waals surface area contributed by atoms with Gasteiger partial charge in [0.05, 0.1) is 0 Å². The molecule has 2 heteroatoms. The van der Waals surface area contributed by atoms with Crippen molar-refractivity contribution in [2.45, 2.75) is 26.3 Å². The normalized spacial score (nSPS) is 13.9. The molecule has 0 heterocycles. The molecule has 0 fully saturated rings. The fourth-order valence-electron chi connectivity index (χ4n) is 0.414. The van der Waals surface area contributed by atoms with Crippen LogP contribution in [0.3, 0.4) is 0 Å². The molecule has 0 radical (unpaired) electrons. The van der Waals surface area contributed by atoms with Gasteiger partial charge in [-0.2, -0.15) is 11.8 Å². The van der Waals surface area contributed by atoms with Gasteiger partial charge in [0.2, 0.25) is 0 Å². The summed E-state index contributed by atoms with van der Waals surface area (Å²) in [5.74, 6) is 2.43. The zero-order chi connectivity index (χ0) is 6.41. The summed E-state index contributed by atoms with van der Waals surface area (Å²) in [6.07, 6.45) is 1.15. The van der Waals surface area contributed by atoms with Crippen molar-refractivity contribution in [3.05, 3.63) is 0 Å². The Morgan fingerprint density at radius 1 is 1.62 bits per heavy atom. The van der Waals surface area contributed by atoms with E-state index >= 15 is 0 Å². The molecule has 0 bridgehead atoms. The van der Waals surface area contributed by atoms with Crippen LogP contribution in [0.15, 0.2) is 0 Å². The zero-order valence-corrected chi connectivity index (χ0v) is 6.50. The van der Waals surface area contributed by atoms with E-state index in [1.165, 1.54) is 11.5 Å². The molecule has 1 nitrogen and oxygen atoms in total. The van der Waals surface area contributed by atoms with E-state index in [2.05, 4.69) is 13.8 Å². The monoisotopic (exact) mass is 133 g/mol. The van der Waals surface area contributed by atoms with Crippen LogP contribution in [0.2, 0.25) is 0 Å². The van der Waals surface area contributed by atoms with Crippen LogP contribution in [-0.2, 0) is 0 Å². The van der Waals surface area contributed by atoms with Gasteiger partial charge in [0.25, 0.3) is 0 Å². The summed E-state index contributed by atoms with van der Waals surface area (Å²) in [5, 5.41) is 0. The third-order valence-electron chi connectivity index (χ3n) is 0.922. The zero-order valence-electron chi connectivity index (χ0n) is 5.68. The molecule has 0 aromatic carbocycles. The quantitative estimate of drug-likeness (QED) is 0.588. The first-order valence-corrected chi connectivity index (χ1v) is 4.26. The molecule has 0 aliphatic heterocycles. The lowest BCUT2D eigenvalue weighted by Crippen LogP contribution is -2.15. The van der Waals surface area contributed by atoms with Gasteiger partial charge in [0.1, 0.15) is 0 Å². The lowest BCUT2D eigenvalue weighted by atomic mass is 10.3. The highest BCUT2D eigenvalue weighted by molar-refractivity contribution is 7.99. The molecule has 0 aliphatic carbocycles. The molecular formula is C6H15NS. The fourth-order valence-corrected chi connectivity index (χ4v) is 1.24. The Balaban J connectivity index is 2.72.